The van der Waals surface area contributed by atoms with Crippen LogP contribution in [0.15, 0.2) is 34.9 Å². The maximum Gasteiger partial charge on any atom is 0.233 e. The topological polar surface area (TPSA) is 38.2 Å². The van der Waals surface area contributed by atoms with E-state index in [1.807, 2.05) is 6.92 Å². The molecule has 19 heavy (non-hydrogen) atoms. The van der Waals surface area contributed by atoms with Gasteiger partial charge in [0.25, 0.3) is 0 Å². The number of anilines is 2. The van der Waals surface area contributed by atoms with Gasteiger partial charge < -0.3 is 9.64 Å². The number of benzene rings is 1. The van der Waals surface area contributed by atoms with Gasteiger partial charge in [-0.15, -0.1) is 0 Å². The maximum atomic E-state index is 13.8. The van der Waals surface area contributed by atoms with Crippen LogP contribution in [0.25, 0.3) is 0 Å². The van der Waals surface area contributed by atoms with Crippen molar-refractivity contribution in [2.45, 2.75) is 6.92 Å². The van der Waals surface area contributed by atoms with Crippen LogP contribution in [-0.4, -0.2) is 23.6 Å². The zero-order valence-electron chi connectivity index (χ0n) is 10.6. The highest BCUT2D eigenvalue weighted by Crippen LogP contribution is 2.28. The smallest absolute Gasteiger partial charge is 0.233 e. The molecule has 0 radical (unpaired) electrons. The van der Waals surface area contributed by atoms with Crippen LogP contribution in [0.5, 0.6) is 5.88 Å². The molecule has 0 N–H and O–H groups in total. The van der Waals surface area contributed by atoms with Crippen molar-refractivity contribution < 1.29 is 9.13 Å². The predicted molar refractivity (Wildman–Crippen MR) is 75.4 cm³/mol. The molecular formula is C13H13BrFN3O. The monoisotopic (exact) mass is 325 g/mol. The Hall–Kier alpha value is -1.69. The van der Waals surface area contributed by atoms with Crippen LogP contribution < -0.4 is 9.64 Å². The first-order valence-corrected chi connectivity index (χ1v) is 6.55. The van der Waals surface area contributed by atoms with Crippen molar-refractivity contribution >= 4 is 27.6 Å². The molecule has 0 bridgehead atoms. The molecule has 4 nitrogen and oxygen atoms in total. The molecule has 0 spiro atoms. The van der Waals surface area contributed by atoms with E-state index in [-0.39, 0.29) is 5.82 Å². The van der Waals surface area contributed by atoms with Gasteiger partial charge in [-0.1, -0.05) is 12.1 Å². The normalized spacial score (nSPS) is 10.3. The summed E-state index contributed by atoms with van der Waals surface area (Å²) in [6.07, 6.45) is 1.59. The molecule has 0 atom stereocenters. The zero-order valence-corrected chi connectivity index (χ0v) is 12.2. The van der Waals surface area contributed by atoms with E-state index in [9.17, 15) is 4.39 Å². The minimum atomic E-state index is -0.310. The number of methoxy groups -OCH3 is 1. The van der Waals surface area contributed by atoms with Gasteiger partial charge in [0.1, 0.15) is 5.82 Å². The van der Waals surface area contributed by atoms with E-state index < -0.39 is 0 Å². The van der Waals surface area contributed by atoms with Crippen LogP contribution in [0.2, 0.25) is 0 Å². The third-order valence-electron chi connectivity index (χ3n) is 2.59. The van der Waals surface area contributed by atoms with E-state index in [1.54, 1.807) is 29.3 Å². The van der Waals surface area contributed by atoms with Gasteiger partial charge in [0, 0.05) is 6.54 Å². The average Bonchev–Trinajstić information content (AvgIpc) is 2.43. The van der Waals surface area contributed by atoms with Crippen molar-refractivity contribution in [2.75, 3.05) is 18.6 Å². The molecule has 0 saturated carbocycles. The van der Waals surface area contributed by atoms with Crippen molar-refractivity contribution in [2.24, 2.45) is 0 Å². The maximum absolute atomic E-state index is 13.8. The number of hydrogen-bond donors (Lipinski definition) is 0. The lowest BCUT2D eigenvalue weighted by Gasteiger charge is -2.21. The molecule has 100 valence electrons. The summed E-state index contributed by atoms with van der Waals surface area (Å²) in [4.78, 5) is 10.1. The summed E-state index contributed by atoms with van der Waals surface area (Å²) in [5, 5.41) is 0. The van der Waals surface area contributed by atoms with Crippen molar-refractivity contribution in [3.05, 3.63) is 40.8 Å². The lowest BCUT2D eigenvalue weighted by atomic mass is 10.3. The summed E-state index contributed by atoms with van der Waals surface area (Å²) >= 11 is 3.29. The third kappa shape index (κ3) is 2.84. The fraction of sp³-hybridized carbons (Fsp3) is 0.231. The highest BCUT2D eigenvalue weighted by atomic mass is 79.9. The van der Waals surface area contributed by atoms with Crippen molar-refractivity contribution in [1.82, 2.24) is 9.97 Å². The summed E-state index contributed by atoms with van der Waals surface area (Å²) in [5.41, 5.74) is 0.439. The Morgan fingerprint density at radius 3 is 2.74 bits per heavy atom. The Labute approximate surface area is 119 Å². The Morgan fingerprint density at radius 1 is 1.37 bits per heavy atom. The molecule has 6 heteroatoms. The van der Waals surface area contributed by atoms with Crippen molar-refractivity contribution in [1.29, 1.82) is 0 Å². The Morgan fingerprint density at radius 2 is 2.11 bits per heavy atom. The van der Waals surface area contributed by atoms with Crippen LogP contribution in [0, 0.1) is 5.82 Å². The second kappa shape index (κ2) is 5.97. The molecule has 0 aliphatic rings. The number of halogens is 2. The Kier molecular flexibility index (Phi) is 4.31. The molecule has 0 saturated heterocycles. The first kappa shape index (κ1) is 13.7. The van der Waals surface area contributed by atoms with Crippen LogP contribution in [0.1, 0.15) is 6.92 Å². The van der Waals surface area contributed by atoms with E-state index >= 15 is 0 Å². The van der Waals surface area contributed by atoms with Crippen LogP contribution >= 0.6 is 15.9 Å². The van der Waals surface area contributed by atoms with Crippen LogP contribution in [-0.2, 0) is 0 Å². The molecule has 2 rings (SSSR count). The molecule has 0 fully saturated rings. The molecule has 1 aromatic carbocycles. The first-order chi connectivity index (χ1) is 9.17. The van der Waals surface area contributed by atoms with E-state index in [4.69, 9.17) is 4.74 Å². The number of ether oxygens (including phenoxy) is 1. The van der Waals surface area contributed by atoms with Gasteiger partial charge in [-0.05, 0) is 35.0 Å². The second-order valence-corrected chi connectivity index (χ2v) is 4.58. The minimum absolute atomic E-state index is 0.310. The van der Waals surface area contributed by atoms with Gasteiger partial charge in [-0.25, -0.2) is 9.37 Å². The van der Waals surface area contributed by atoms with Crippen LogP contribution in [0.4, 0.5) is 16.0 Å². The minimum Gasteiger partial charge on any atom is -0.480 e. The number of nitrogens with zero attached hydrogens (tertiary/aromatic N) is 3. The quantitative estimate of drug-likeness (QED) is 0.861. The fourth-order valence-electron chi connectivity index (χ4n) is 1.71. The first-order valence-electron chi connectivity index (χ1n) is 5.76. The van der Waals surface area contributed by atoms with E-state index in [0.717, 1.165) is 0 Å². The number of aromatic nitrogens is 2. The molecule has 0 aliphatic carbocycles. The van der Waals surface area contributed by atoms with E-state index in [2.05, 4.69) is 25.9 Å². The van der Waals surface area contributed by atoms with Crippen LogP contribution in [0.3, 0.4) is 0 Å². The van der Waals surface area contributed by atoms with E-state index in [0.29, 0.717) is 28.5 Å². The van der Waals surface area contributed by atoms with Gasteiger partial charge in [0.2, 0.25) is 11.8 Å². The predicted octanol–water partition coefficient (Wildman–Crippen LogP) is 3.54. The summed E-state index contributed by atoms with van der Waals surface area (Å²) in [6.45, 7) is 2.45. The van der Waals surface area contributed by atoms with Crippen molar-refractivity contribution in [3.8, 4) is 5.88 Å². The van der Waals surface area contributed by atoms with Gasteiger partial charge >= 0.3 is 0 Å². The summed E-state index contributed by atoms with van der Waals surface area (Å²) in [5.74, 6) is 0.502. The molecule has 0 amide bonds. The third-order valence-corrected chi connectivity index (χ3v) is 3.14. The SMILES string of the molecule is CCN(c1ncc(Br)c(OC)n1)c1ccccc1F. The molecule has 0 aliphatic heterocycles. The number of para-hydroxylation sites is 1. The highest BCUT2D eigenvalue weighted by Gasteiger charge is 2.15. The average molecular weight is 326 g/mol. The number of rotatable bonds is 4. The second-order valence-electron chi connectivity index (χ2n) is 3.72. The van der Waals surface area contributed by atoms with Gasteiger partial charge in [-0.2, -0.15) is 4.98 Å². The number of hydrogen-bond acceptors (Lipinski definition) is 4. The highest BCUT2D eigenvalue weighted by molar-refractivity contribution is 9.10. The molecule has 2 aromatic rings. The zero-order chi connectivity index (χ0) is 13.8. The largest absolute Gasteiger partial charge is 0.480 e. The summed E-state index contributed by atoms with van der Waals surface area (Å²) in [6, 6.07) is 6.53. The van der Waals surface area contributed by atoms with Gasteiger partial charge in [-0.3, -0.25) is 0 Å². The summed E-state index contributed by atoms with van der Waals surface area (Å²) in [7, 11) is 1.52. The van der Waals surface area contributed by atoms with E-state index in [1.165, 1.54) is 13.2 Å². The Bertz CT molecular complexity index is 580. The molecule has 0 unspecified atom stereocenters. The van der Waals surface area contributed by atoms with Gasteiger partial charge in [0.15, 0.2) is 0 Å². The molecular weight excluding hydrogens is 313 g/mol. The van der Waals surface area contributed by atoms with Gasteiger partial charge in [0.05, 0.1) is 23.5 Å². The lowest BCUT2D eigenvalue weighted by molar-refractivity contribution is 0.394. The summed E-state index contributed by atoms with van der Waals surface area (Å²) < 4.78 is 19.6. The lowest BCUT2D eigenvalue weighted by Crippen LogP contribution is -2.20. The molecule has 1 heterocycles. The van der Waals surface area contributed by atoms with Crippen molar-refractivity contribution in [3.63, 3.8) is 0 Å². The fourth-order valence-corrected chi connectivity index (χ4v) is 2.06. The Balaban J connectivity index is 2.45. The molecule has 1 aromatic heterocycles. The standard InChI is InChI=1S/C13H13BrFN3O/c1-3-18(11-7-5-4-6-10(11)15)13-16-8-9(14)12(17-13)19-2/h4-8H,3H2,1-2H3.